The lowest BCUT2D eigenvalue weighted by molar-refractivity contribution is 0.0855. The fraction of sp³-hybridized carbons (Fsp3) is 0.714. The minimum atomic E-state index is -0.777. The van der Waals surface area contributed by atoms with Crippen molar-refractivity contribution in [3.63, 3.8) is 0 Å². The summed E-state index contributed by atoms with van der Waals surface area (Å²) in [6.45, 7) is 0.140. The van der Waals surface area contributed by atoms with Crippen LogP contribution in [0, 0.1) is 0 Å². The quantitative estimate of drug-likeness (QED) is 0.608. The Balaban J connectivity index is 3.75. The Kier molecular flexibility index (Phi) is 7.94. The second-order valence-corrected chi connectivity index (χ2v) is 3.06. The van der Waals surface area contributed by atoms with Crippen molar-refractivity contribution in [3.05, 3.63) is 0 Å². The summed E-state index contributed by atoms with van der Waals surface area (Å²) in [6, 6.07) is 0. The van der Waals surface area contributed by atoms with Gasteiger partial charge in [-0.3, -0.25) is 0 Å². The number of hydrogen-bond acceptors (Lipinski definition) is 4. The molecule has 0 rings (SSSR count). The number of nitrogens with one attached hydrogen (secondary N) is 1. The molecule has 0 unspecified atom stereocenters. The molecule has 0 atom stereocenters. The first-order valence-electron chi connectivity index (χ1n) is 4.07. The van der Waals surface area contributed by atoms with Gasteiger partial charge in [-0.05, 0) is 0 Å². The van der Waals surface area contributed by atoms with Crippen LogP contribution in [0.4, 0.5) is 9.59 Å². The summed E-state index contributed by atoms with van der Waals surface area (Å²) in [5.74, 6) is 0.379. The summed E-state index contributed by atoms with van der Waals surface area (Å²) in [5.41, 5.74) is 2.12. The third kappa shape index (κ3) is 7.10. The molecule has 88 valence electrons. The average molecular weight is 259 g/mol. The van der Waals surface area contributed by atoms with Crippen molar-refractivity contribution in [1.29, 1.82) is 0 Å². The minimum Gasteiger partial charge on any atom is -0.447 e. The molecule has 0 heterocycles. The summed E-state index contributed by atoms with van der Waals surface area (Å²) >= 11 is 10.6. The first-order valence-corrected chi connectivity index (χ1v) is 5.14. The van der Waals surface area contributed by atoms with E-state index in [2.05, 4.69) is 14.9 Å². The van der Waals surface area contributed by atoms with E-state index in [4.69, 9.17) is 23.2 Å². The zero-order chi connectivity index (χ0) is 11.7. The van der Waals surface area contributed by atoms with Crippen molar-refractivity contribution in [2.45, 2.75) is 0 Å². The molecule has 0 saturated heterocycles. The van der Waals surface area contributed by atoms with E-state index in [0.717, 1.165) is 5.01 Å². The van der Waals surface area contributed by atoms with Crippen molar-refractivity contribution in [2.75, 3.05) is 32.0 Å². The van der Waals surface area contributed by atoms with E-state index in [-0.39, 0.29) is 25.0 Å². The number of halogens is 2. The zero-order valence-electron chi connectivity index (χ0n) is 8.16. The maximum atomic E-state index is 11.1. The molecule has 0 aromatic rings. The predicted octanol–water partition coefficient (Wildman–Crippen LogP) is 1.17. The van der Waals surface area contributed by atoms with Gasteiger partial charge in [0.1, 0.15) is 13.2 Å². The standard InChI is InChI=1S/C7H12Cl2N2O4/c1-11(7(13)15-5-3-9)10-6(12)14-4-2-8/h2-5H2,1H3,(H,10,12). The Hall–Kier alpha value is -0.880. The molecule has 2 amide bonds. The van der Waals surface area contributed by atoms with E-state index in [1.54, 1.807) is 0 Å². The predicted molar refractivity (Wildman–Crippen MR) is 55.0 cm³/mol. The van der Waals surface area contributed by atoms with Crippen LogP contribution in [0.1, 0.15) is 0 Å². The largest absolute Gasteiger partial charge is 0.447 e. The normalized spacial score (nSPS) is 9.27. The molecule has 0 bridgehead atoms. The van der Waals surface area contributed by atoms with Crippen LogP contribution in [-0.4, -0.2) is 49.2 Å². The van der Waals surface area contributed by atoms with Gasteiger partial charge in [-0.2, -0.15) is 0 Å². The van der Waals surface area contributed by atoms with Gasteiger partial charge in [-0.25, -0.2) is 20.0 Å². The monoisotopic (exact) mass is 258 g/mol. The summed E-state index contributed by atoms with van der Waals surface area (Å²) in [7, 11) is 1.32. The Bertz CT molecular complexity index is 215. The SMILES string of the molecule is CN(NC(=O)OCCCl)C(=O)OCCCl. The highest BCUT2D eigenvalue weighted by atomic mass is 35.5. The van der Waals surface area contributed by atoms with Crippen molar-refractivity contribution in [2.24, 2.45) is 0 Å². The summed E-state index contributed by atoms with van der Waals surface area (Å²) < 4.78 is 9.18. The van der Waals surface area contributed by atoms with Crippen LogP contribution in [-0.2, 0) is 9.47 Å². The van der Waals surface area contributed by atoms with Crippen LogP contribution < -0.4 is 5.43 Å². The molecule has 1 N–H and O–H groups in total. The molecule has 0 aliphatic heterocycles. The van der Waals surface area contributed by atoms with Gasteiger partial charge in [0.25, 0.3) is 0 Å². The van der Waals surface area contributed by atoms with Crippen molar-refractivity contribution in [3.8, 4) is 0 Å². The van der Waals surface area contributed by atoms with Crippen LogP contribution >= 0.6 is 23.2 Å². The van der Waals surface area contributed by atoms with E-state index in [9.17, 15) is 9.59 Å². The lowest BCUT2D eigenvalue weighted by Crippen LogP contribution is -2.44. The van der Waals surface area contributed by atoms with Gasteiger partial charge < -0.3 is 9.47 Å². The first-order chi connectivity index (χ1) is 7.11. The van der Waals surface area contributed by atoms with E-state index >= 15 is 0 Å². The van der Waals surface area contributed by atoms with Crippen molar-refractivity contribution in [1.82, 2.24) is 10.4 Å². The van der Waals surface area contributed by atoms with E-state index in [0.29, 0.717) is 0 Å². The number of ether oxygens (including phenoxy) is 2. The molecular formula is C7H12Cl2N2O4. The molecule has 8 heteroatoms. The summed E-state index contributed by atoms with van der Waals surface area (Å²) in [5, 5.41) is 0.850. The number of hydrogen-bond donors (Lipinski definition) is 1. The van der Waals surface area contributed by atoms with Crippen molar-refractivity contribution >= 4 is 35.4 Å². The molecule has 0 aliphatic carbocycles. The summed E-state index contributed by atoms with van der Waals surface area (Å²) in [6.07, 6.45) is -1.50. The summed E-state index contributed by atoms with van der Waals surface area (Å²) in [4.78, 5) is 22.0. The number of carbonyl (C=O) groups excluding carboxylic acids is 2. The number of rotatable bonds is 4. The highest BCUT2D eigenvalue weighted by molar-refractivity contribution is 6.18. The highest BCUT2D eigenvalue weighted by Crippen LogP contribution is 1.89. The topological polar surface area (TPSA) is 67.9 Å². The first kappa shape index (κ1) is 14.1. The maximum Gasteiger partial charge on any atom is 0.428 e. The Morgan fingerprint density at radius 2 is 1.73 bits per heavy atom. The molecule has 0 aromatic heterocycles. The van der Waals surface area contributed by atoms with Gasteiger partial charge in [0, 0.05) is 7.05 Å². The van der Waals surface area contributed by atoms with Gasteiger partial charge in [-0.15, -0.1) is 23.2 Å². The molecule has 15 heavy (non-hydrogen) atoms. The van der Waals surface area contributed by atoms with Crippen LogP contribution in [0.2, 0.25) is 0 Å². The lowest BCUT2D eigenvalue weighted by Gasteiger charge is -2.16. The minimum absolute atomic E-state index is 0.0674. The molecule has 0 radical (unpaired) electrons. The van der Waals surface area contributed by atoms with Gasteiger partial charge >= 0.3 is 12.2 Å². The molecule has 0 saturated carbocycles. The van der Waals surface area contributed by atoms with Crippen LogP contribution in [0.5, 0.6) is 0 Å². The number of carbonyl (C=O) groups is 2. The van der Waals surface area contributed by atoms with Gasteiger partial charge in [0.2, 0.25) is 0 Å². The van der Waals surface area contributed by atoms with Crippen LogP contribution in [0.3, 0.4) is 0 Å². The number of hydrazine groups is 1. The smallest absolute Gasteiger partial charge is 0.428 e. The Morgan fingerprint density at radius 3 is 2.27 bits per heavy atom. The highest BCUT2D eigenvalue weighted by Gasteiger charge is 2.12. The number of amides is 2. The lowest BCUT2D eigenvalue weighted by atomic mass is 10.8. The second kappa shape index (κ2) is 8.43. The third-order valence-electron chi connectivity index (χ3n) is 1.15. The third-order valence-corrected chi connectivity index (χ3v) is 1.45. The second-order valence-electron chi connectivity index (χ2n) is 2.30. The molecule has 0 aromatic carbocycles. The van der Waals surface area contributed by atoms with E-state index in [1.165, 1.54) is 7.05 Å². The van der Waals surface area contributed by atoms with Gasteiger partial charge in [0.05, 0.1) is 11.8 Å². The fourth-order valence-electron chi connectivity index (χ4n) is 0.569. The maximum absolute atomic E-state index is 11.1. The van der Waals surface area contributed by atoms with E-state index < -0.39 is 12.2 Å². The Labute approximate surface area is 97.4 Å². The van der Waals surface area contributed by atoms with Crippen molar-refractivity contribution < 1.29 is 19.1 Å². The number of alkyl halides is 2. The Morgan fingerprint density at radius 1 is 1.20 bits per heavy atom. The van der Waals surface area contributed by atoms with Crippen LogP contribution in [0.15, 0.2) is 0 Å². The molecular weight excluding hydrogens is 247 g/mol. The molecule has 6 nitrogen and oxygen atoms in total. The van der Waals surface area contributed by atoms with Gasteiger partial charge in [-0.1, -0.05) is 0 Å². The number of nitrogens with zero attached hydrogens (tertiary/aromatic N) is 1. The van der Waals surface area contributed by atoms with Gasteiger partial charge in [0.15, 0.2) is 0 Å². The fourth-order valence-corrected chi connectivity index (χ4v) is 0.723. The zero-order valence-corrected chi connectivity index (χ0v) is 9.68. The average Bonchev–Trinajstić information content (AvgIpc) is 2.22. The molecule has 0 aliphatic rings. The molecule has 0 spiro atoms. The van der Waals surface area contributed by atoms with E-state index in [1.807, 2.05) is 0 Å². The van der Waals surface area contributed by atoms with Crippen LogP contribution in [0.25, 0.3) is 0 Å². The molecule has 0 fully saturated rings.